The minimum Gasteiger partial charge on any atom is -0.465 e. The van der Waals surface area contributed by atoms with E-state index in [1.165, 1.54) is 16.7 Å². The highest BCUT2D eigenvalue weighted by Gasteiger charge is 2.56. The number of aromatic nitrogens is 1. The van der Waals surface area contributed by atoms with Crippen molar-refractivity contribution in [2.24, 2.45) is 5.92 Å². The second-order valence-electron chi connectivity index (χ2n) is 8.66. The zero-order valence-electron chi connectivity index (χ0n) is 20.6. The van der Waals surface area contributed by atoms with Crippen molar-refractivity contribution in [2.75, 3.05) is 18.1 Å². The molecule has 1 aromatic heterocycles. The predicted molar refractivity (Wildman–Crippen MR) is 142 cm³/mol. The van der Waals surface area contributed by atoms with Gasteiger partial charge in [-0.25, -0.2) is 9.69 Å². The molecule has 1 saturated heterocycles. The number of ether oxygens (including phenoxy) is 2. The molecule has 0 spiro atoms. The molecule has 0 unspecified atom stereocenters. The van der Waals surface area contributed by atoms with Gasteiger partial charge in [0.05, 0.1) is 35.4 Å². The van der Waals surface area contributed by atoms with Gasteiger partial charge in [0.2, 0.25) is 11.8 Å². The third kappa shape index (κ3) is 4.45. The fourth-order valence-corrected chi connectivity index (χ4v) is 7.60. The minimum absolute atomic E-state index is 0.182. The number of hydrogen-bond donors (Lipinski definition) is 0. The molecule has 0 bridgehead atoms. The van der Waals surface area contributed by atoms with E-state index in [1.807, 2.05) is 30.3 Å². The van der Waals surface area contributed by atoms with Crippen LogP contribution < -0.4 is 9.77 Å². The molecule has 196 valence electrons. The number of rotatable bonds is 7. The number of esters is 2. The maximum atomic E-state index is 13.9. The molecule has 2 aromatic carbocycles. The molecule has 1 fully saturated rings. The SMILES string of the molecule is CCOC(=O)Cn1c2c(sc1=O)[C@@H](c1ccccc1)[C@@H]1C(=O)N(c3ccc(C(=O)OCC)cc3)C(=O)[C@@H]1S2. The molecule has 3 atom stereocenters. The van der Waals surface area contributed by atoms with Crippen molar-refractivity contribution in [3.63, 3.8) is 0 Å². The fraction of sp³-hybridized carbons (Fsp3) is 0.296. The second-order valence-corrected chi connectivity index (χ2v) is 10.8. The molecule has 11 heteroatoms. The van der Waals surface area contributed by atoms with Crippen LogP contribution >= 0.6 is 23.1 Å². The van der Waals surface area contributed by atoms with E-state index >= 15 is 0 Å². The lowest BCUT2D eigenvalue weighted by molar-refractivity contribution is -0.144. The number of hydrogen-bond acceptors (Lipinski definition) is 9. The number of fused-ring (bicyclic) bond motifs is 2. The van der Waals surface area contributed by atoms with E-state index in [0.29, 0.717) is 21.2 Å². The standard InChI is InChI=1S/C27H24N2O7S2/c1-3-35-18(30)14-28-25-22(38-27(28)34)19(15-8-6-5-7-9-15)20-21(37-25)24(32)29(23(20)31)17-12-10-16(11-13-17)26(33)36-4-2/h5-13,19-21H,3-4,14H2,1-2H3/t19-,20-,21+/m0/s1. The van der Waals surface area contributed by atoms with E-state index in [9.17, 15) is 24.0 Å². The summed E-state index contributed by atoms with van der Waals surface area (Å²) in [6.45, 7) is 3.54. The normalized spacial score (nSPS) is 20.2. The Hall–Kier alpha value is -3.70. The molecule has 3 aromatic rings. The van der Waals surface area contributed by atoms with Gasteiger partial charge >= 0.3 is 16.8 Å². The van der Waals surface area contributed by atoms with Gasteiger partial charge < -0.3 is 9.47 Å². The summed E-state index contributed by atoms with van der Waals surface area (Å²) in [4.78, 5) is 66.3. The Labute approximate surface area is 226 Å². The number of benzene rings is 2. The highest BCUT2D eigenvalue weighted by atomic mass is 32.2. The van der Waals surface area contributed by atoms with Gasteiger partial charge in [0.15, 0.2) is 0 Å². The lowest BCUT2D eigenvalue weighted by Gasteiger charge is -2.30. The third-order valence-electron chi connectivity index (χ3n) is 6.44. The first-order valence-electron chi connectivity index (χ1n) is 12.1. The summed E-state index contributed by atoms with van der Waals surface area (Å²) in [6, 6.07) is 15.4. The number of nitrogens with zero attached hydrogens (tertiary/aromatic N) is 2. The predicted octanol–water partition coefficient (Wildman–Crippen LogP) is 3.45. The molecule has 2 aliphatic rings. The van der Waals surface area contributed by atoms with Crippen LogP contribution in [-0.2, 0) is 30.4 Å². The number of thiazole rings is 1. The van der Waals surface area contributed by atoms with E-state index < -0.39 is 34.9 Å². The first-order chi connectivity index (χ1) is 18.3. The highest BCUT2D eigenvalue weighted by Crippen LogP contribution is 2.53. The summed E-state index contributed by atoms with van der Waals surface area (Å²) in [5.74, 6) is -3.13. The molecule has 0 N–H and O–H groups in total. The summed E-state index contributed by atoms with van der Waals surface area (Å²) in [7, 11) is 0. The van der Waals surface area contributed by atoms with E-state index in [4.69, 9.17) is 9.47 Å². The van der Waals surface area contributed by atoms with Crippen LogP contribution in [0.3, 0.4) is 0 Å². The molecule has 2 amide bonds. The molecule has 0 aliphatic carbocycles. The molecule has 0 radical (unpaired) electrons. The minimum atomic E-state index is -0.799. The first kappa shape index (κ1) is 25.9. The van der Waals surface area contributed by atoms with Crippen molar-refractivity contribution in [3.05, 3.63) is 80.3 Å². The molecular formula is C27H24N2O7S2. The molecular weight excluding hydrogens is 528 g/mol. The number of carbonyl (C=O) groups excluding carboxylic acids is 4. The average Bonchev–Trinajstić information content (AvgIpc) is 3.35. The highest BCUT2D eigenvalue weighted by molar-refractivity contribution is 8.00. The molecule has 38 heavy (non-hydrogen) atoms. The molecule has 0 saturated carbocycles. The summed E-state index contributed by atoms with van der Waals surface area (Å²) < 4.78 is 11.4. The van der Waals surface area contributed by atoms with Crippen LogP contribution in [0.5, 0.6) is 0 Å². The summed E-state index contributed by atoms with van der Waals surface area (Å²) in [5, 5.41) is -0.295. The second kappa shape index (κ2) is 10.6. The average molecular weight is 553 g/mol. The van der Waals surface area contributed by atoms with Gasteiger partial charge in [-0.05, 0) is 43.7 Å². The van der Waals surface area contributed by atoms with Crippen molar-refractivity contribution in [3.8, 4) is 0 Å². The van der Waals surface area contributed by atoms with Crippen LogP contribution in [0.25, 0.3) is 0 Å². The topological polar surface area (TPSA) is 112 Å². The van der Waals surface area contributed by atoms with Gasteiger partial charge in [0.1, 0.15) is 11.8 Å². The van der Waals surface area contributed by atoms with E-state index in [-0.39, 0.29) is 30.5 Å². The lowest BCUT2D eigenvalue weighted by Crippen LogP contribution is -2.32. The van der Waals surface area contributed by atoms with E-state index in [0.717, 1.165) is 33.6 Å². The molecule has 5 rings (SSSR count). The van der Waals surface area contributed by atoms with Crippen LogP contribution in [0, 0.1) is 5.92 Å². The maximum absolute atomic E-state index is 13.9. The smallest absolute Gasteiger partial charge is 0.338 e. The zero-order chi connectivity index (χ0) is 27.0. The van der Waals surface area contributed by atoms with Crippen LogP contribution in [0.15, 0.2) is 64.4 Å². The van der Waals surface area contributed by atoms with Crippen molar-refractivity contribution in [1.29, 1.82) is 0 Å². The Morgan fingerprint density at radius 2 is 1.58 bits per heavy atom. The van der Waals surface area contributed by atoms with Crippen molar-refractivity contribution >= 4 is 52.5 Å². The summed E-state index contributed by atoms with van der Waals surface area (Å²) in [5.41, 5.74) is 1.46. The monoisotopic (exact) mass is 552 g/mol. The summed E-state index contributed by atoms with van der Waals surface area (Å²) >= 11 is 2.12. The number of amides is 2. The van der Waals surface area contributed by atoms with Crippen molar-refractivity contribution < 1.29 is 28.7 Å². The largest absolute Gasteiger partial charge is 0.465 e. The number of anilines is 1. The van der Waals surface area contributed by atoms with Gasteiger partial charge in [-0.3, -0.25) is 23.7 Å². The van der Waals surface area contributed by atoms with E-state index in [2.05, 4.69) is 0 Å². The van der Waals surface area contributed by atoms with Gasteiger partial charge in [-0.2, -0.15) is 0 Å². The lowest BCUT2D eigenvalue weighted by atomic mass is 9.83. The van der Waals surface area contributed by atoms with Gasteiger partial charge in [0, 0.05) is 10.8 Å². The zero-order valence-corrected chi connectivity index (χ0v) is 22.3. The van der Waals surface area contributed by atoms with Gasteiger partial charge in [0.25, 0.3) is 0 Å². The Bertz CT molecular complexity index is 1460. The third-order valence-corrected chi connectivity index (χ3v) is 9.04. The molecule has 9 nitrogen and oxygen atoms in total. The Morgan fingerprint density at radius 3 is 2.24 bits per heavy atom. The quantitative estimate of drug-likeness (QED) is 0.324. The number of thioether (sulfide) groups is 1. The maximum Gasteiger partial charge on any atom is 0.338 e. The van der Waals surface area contributed by atoms with E-state index in [1.54, 1.807) is 26.0 Å². The van der Waals surface area contributed by atoms with Crippen molar-refractivity contribution in [1.82, 2.24) is 4.57 Å². The van der Waals surface area contributed by atoms with Gasteiger partial charge in [-0.15, -0.1) is 0 Å². The van der Waals surface area contributed by atoms with Crippen LogP contribution in [0.4, 0.5) is 5.69 Å². The van der Waals surface area contributed by atoms with Crippen molar-refractivity contribution in [2.45, 2.75) is 36.6 Å². The Morgan fingerprint density at radius 1 is 0.895 bits per heavy atom. The fourth-order valence-electron chi connectivity index (χ4n) is 4.83. The van der Waals surface area contributed by atoms with Crippen LogP contribution in [0.2, 0.25) is 0 Å². The first-order valence-corrected chi connectivity index (χ1v) is 13.8. The van der Waals surface area contributed by atoms with Crippen LogP contribution in [0.1, 0.15) is 40.6 Å². The number of imide groups is 1. The van der Waals surface area contributed by atoms with Crippen LogP contribution in [-0.4, -0.2) is 46.8 Å². The molecule has 2 aliphatic heterocycles. The Balaban J connectivity index is 1.56. The molecule has 3 heterocycles. The number of carbonyl (C=O) groups is 4. The summed E-state index contributed by atoms with van der Waals surface area (Å²) in [6.07, 6.45) is 0. The van der Waals surface area contributed by atoms with Gasteiger partial charge in [-0.1, -0.05) is 53.4 Å². The Kier molecular flexibility index (Phi) is 7.22.